The van der Waals surface area contributed by atoms with Crippen molar-refractivity contribution in [1.29, 1.82) is 0 Å². The average molecular weight is 233 g/mol. The number of hydrogen-bond donors (Lipinski definition) is 2. The van der Waals surface area contributed by atoms with Gasteiger partial charge >= 0.3 is 0 Å². The number of aromatic hydroxyl groups is 1. The van der Waals surface area contributed by atoms with Gasteiger partial charge in [0.2, 0.25) is 0 Å². The normalized spacial score (nSPS) is 10.1. The third-order valence-corrected chi connectivity index (χ3v) is 3.07. The topological polar surface area (TPSA) is 49.3 Å². The predicted octanol–water partition coefficient (Wildman–Crippen LogP) is 3.01. The molecule has 0 atom stereocenters. The van der Waals surface area contributed by atoms with Crippen LogP contribution in [0.4, 0.5) is 5.69 Å². The van der Waals surface area contributed by atoms with Crippen LogP contribution in [-0.2, 0) is 0 Å². The number of aryl methyl sites for hydroxylation is 1. The first-order valence-electron chi connectivity index (χ1n) is 4.81. The molecule has 0 aliphatic rings. The number of carbonyl (C=O) groups is 1. The molecule has 2 N–H and O–H groups in total. The van der Waals surface area contributed by atoms with E-state index in [1.165, 1.54) is 11.3 Å². The van der Waals surface area contributed by atoms with Gasteiger partial charge in [0.1, 0.15) is 5.75 Å². The lowest BCUT2D eigenvalue weighted by atomic mass is 10.2. The van der Waals surface area contributed by atoms with Gasteiger partial charge in [0.05, 0.1) is 4.88 Å². The molecular weight excluding hydrogens is 222 g/mol. The highest BCUT2D eigenvalue weighted by Gasteiger charge is 2.08. The Morgan fingerprint density at radius 3 is 2.81 bits per heavy atom. The van der Waals surface area contributed by atoms with Gasteiger partial charge in [-0.1, -0.05) is 6.07 Å². The molecule has 16 heavy (non-hydrogen) atoms. The number of phenolic OH excluding ortho intramolecular Hbond substituents is 1. The molecule has 0 spiro atoms. The third-order valence-electron chi connectivity index (χ3n) is 2.20. The number of amides is 1. The molecule has 4 heteroatoms. The summed E-state index contributed by atoms with van der Waals surface area (Å²) >= 11 is 1.40. The fourth-order valence-electron chi connectivity index (χ4n) is 1.38. The number of benzene rings is 1. The van der Waals surface area contributed by atoms with E-state index in [0.29, 0.717) is 4.88 Å². The van der Waals surface area contributed by atoms with E-state index in [1.54, 1.807) is 24.3 Å². The largest absolute Gasteiger partial charge is 0.508 e. The fraction of sp³-hybridized carbons (Fsp3) is 0.0833. The quantitative estimate of drug-likeness (QED) is 0.783. The number of rotatable bonds is 2. The Balaban J connectivity index is 2.18. The van der Waals surface area contributed by atoms with Crippen LogP contribution in [0, 0.1) is 6.92 Å². The van der Waals surface area contributed by atoms with Crippen molar-refractivity contribution in [2.45, 2.75) is 6.92 Å². The predicted molar refractivity (Wildman–Crippen MR) is 65.1 cm³/mol. The van der Waals surface area contributed by atoms with Crippen LogP contribution in [0.1, 0.15) is 15.2 Å². The van der Waals surface area contributed by atoms with E-state index in [9.17, 15) is 9.90 Å². The van der Waals surface area contributed by atoms with Crippen LogP contribution in [0.2, 0.25) is 0 Å². The summed E-state index contributed by atoms with van der Waals surface area (Å²) < 4.78 is 0. The summed E-state index contributed by atoms with van der Waals surface area (Å²) in [6.07, 6.45) is 0. The summed E-state index contributed by atoms with van der Waals surface area (Å²) in [4.78, 5) is 12.4. The molecule has 0 aliphatic heterocycles. The van der Waals surface area contributed by atoms with E-state index in [0.717, 1.165) is 11.3 Å². The maximum atomic E-state index is 11.7. The van der Waals surface area contributed by atoms with Gasteiger partial charge in [-0.25, -0.2) is 0 Å². The van der Waals surface area contributed by atoms with Crippen molar-refractivity contribution in [3.63, 3.8) is 0 Å². The number of thiophene rings is 1. The SMILES string of the molecule is Cc1cc(O)ccc1NC(=O)c1cccs1. The molecule has 1 aromatic carbocycles. The van der Waals surface area contributed by atoms with Gasteiger partial charge < -0.3 is 10.4 Å². The molecule has 2 aromatic rings. The first-order valence-corrected chi connectivity index (χ1v) is 5.69. The van der Waals surface area contributed by atoms with E-state index >= 15 is 0 Å². The molecule has 82 valence electrons. The molecule has 1 heterocycles. The van der Waals surface area contributed by atoms with Crippen molar-refractivity contribution in [3.8, 4) is 5.75 Å². The second kappa shape index (κ2) is 4.37. The number of anilines is 1. The summed E-state index contributed by atoms with van der Waals surface area (Å²) in [5, 5.41) is 13.9. The Bertz CT molecular complexity index is 506. The van der Waals surface area contributed by atoms with Gasteiger partial charge in [-0.15, -0.1) is 11.3 Å². The average Bonchev–Trinajstić information content (AvgIpc) is 2.75. The minimum absolute atomic E-state index is 0.121. The first kappa shape index (κ1) is 10.7. The second-order valence-corrected chi connectivity index (χ2v) is 4.38. The number of phenols is 1. The lowest BCUT2D eigenvalue weighted by molar-refractivity contribution is 0.103. The summed E-state index contributed by atoms with van der Waals surface area (Å²) in [6, 6.07) is 8.47. The highest BCUT2D eigenvalue weighted by atomic mass is 32.1. The highest BCUT2D eigenvalue weighted by Crippen LogP contribution is 2.21. The smallest absolute Gasteiger partial charge is 0.265 e. The lowest BCUT2D eigenvalue weighted by Crippen LogP contribution is -2.10. The van der Waals surface area contributed by atoms with E-state index in [1.807, 2.05) is 18.4 Å². The van der Waals surface area contributed by atoms with Gasteiger partial charge in [0.25, 0.3) is 5.91 Å². The fourth-order valence-corrected chi connectivity index (χ4v) is 2.00. The standard InChI is InChI=1S/C12H11NO2S/c1-8-7-9(14)4-5-10(8)13-12(15)11-3-2-6-16-11/h2-7,14H,1H3,(H,13,15). The minimum atomic E-state index is -0.121. The van der Waals surface area contributed by atoms with Gasteiger partial charge in [-0.05, 0) is 42.1 Å². The summed E-state index contributed by atoms with van der Waals surface area (Å²) in [6.45, 7) is 1.84. The zero-order chi connectivity index (χ0) is 11.5. The van der Waals surface area contributed by atoms with Crippen LogP contribution >= 0.6 is 11.3 Å². The van der Waals surface area contributed by atoms with Gasteiger partial charge in [-0.2, -0.15) is 0 Å². The first-order chi connectivity index (χ1) is 7.66. The van der Waals surface area contributed by atoms with E-state index in [-0.39, 0.29) is 11.7 Å². The van der Waals surface area contributed by atoms with Crippen molar-refractivity contribution in [1.82, 2.24) is 0 Å². The monoisotopic (exact) mass is 233 g/mol. The Labute approximate surface area is 97.4 Å². The van der Waals surface area contributed by atoms with Crippen molar-refractivity contribution in [2.75, 3.05) is 5.32 Å². The lowest BCUT2D eigenvalue weighted by Gasteiger charge is -2.07. The zero-order valence-electron chi connectivity index (χ0n) is 8.73. The van der Waals surface area contributed by atoms with Crippen LogP contribution in [0.15, 0.2) is 35.7 Å². The number of nitrogens with one attached hydrogen (secondary N) is 1. The Morgan fingerprint density at radius 1 is 1.38 bits per heavy atom. The minimum Gasteiger partial charge on any atom is -0.508 e. The van der Waals surface area contributed by atoms with E-state index < -0.39 is 0 Å². The maximum absolute atomic E-state index is 11.7. The van der Waals surface area contributed by atoms with Crippen LogP contribution in [0.3, 0.4) is 0 Å². The molecule has 0 saturated carbocycles. The van der Waals surface area contributed by atoms with Crippen molar-refractivity contribution in [2.24, 2.45) is 0 Å². The summed E-state index contributed by atoms with van der Waals surface area (Å²) in [5.41, 5.74) is 1.56. The second-order valence-electron chi connectivity index (χ2n) is 3.43. The molecule has 2 rings (SSSR count). The van der Waals surface area contributed by atoms with E-state index in [2.05, 4.69) is 5.32 Å². The van der Waals surface area contributed by atoms with Crippen LogP contribution in [0.5, 0.6) is 5.75 Å². The Kier molecular flexibility index (Phi) is 2.92. The molecule has 1 amide bonds. The van der Waals surface area contributed by atoms with Crippen molar-refractivity contribution >= 4 is 22.9 Å². The van der Waals surface area contributed by atoms with Gasteiger partial charge in [0, 0.05) is 5.69 Å². The van der Waals surface area contributed by atoms with Gasteiger partial charge in [0.15, 0.2) is 0 Å². The molecule has 1 aromatic heterocycles. The Hall–Kier alpha value is -1.81. The molecule has 0 aliphatic carbocycles. The molecular formula is C12H11NO2S. The van der Waals surface area contributed by atoms with Gasteiger partial charge in [-0.3, -0.25) is 4.79 Å². The molecule has 0 bridgehead atoms. The molecule has 0 fully saturated rings. The number of carbonyl (C=O) groups excluding carboxylic acids is 1. The van der Waals surface area contributed by atoms with Crippen LogP contribution in [-0.4, -0.2) is 11.0 Å². The Morgan fingerprint density at radius 2 is 2.19 bits per heavy atom. The van der Waals surface area contributed by atoms with Crippen molar-refractivity contribution < 1.29 is 9.90 Å². The third kappa shape index (κ3) is 2.23. The molecule has 0 unspecified atom stereocenters. The van der Waals surface area contributed by atoms with E-state index in [4.69, 9.17) is 0 Å². The zero-order valence-corrected chi connectivity index (χ0v) is 9.54. The summed E-state index contributed by atoms with van der Waals surface area (Å²) in [7, 11) is 0. The molecule has 0 saturated heterocycles. The van der Waals surface area contributed by atoms with Crippen LogP contribution in [0.25, 0.3) is 0 Å². The number of hydrogen-bond acceptors (Lipinski definition) is 3. The summed E-state index contributed by atoms with van der Waals surface area (Å²) in [5.74, 6) is 0.0791. The van der Waals surface area contributed by atoms with Crippen molar-refractivity contribution in [3.05, 3.63) is 46.2 Å². The molecule has 0 radical (unpaired) electrons. The maximum Gasteiger partial charge on any atom is 0.265 e. The molecule has 3 nitrogen and oxygen atoms in total. The van der Waals surface area contributed by atoms with Crippen LogP contribution < -0.4 is 5.32 Å². The highest BCUT2D eigenvalue weighted by molar-refractivity contribution is 7.12.